The quantitative estimate of drug-likeness (QED) is 0.703. The molecule has 0 bridgehead atoms. The Hall–Kier alpha value is -1.61. The van der Waals surface area contributed by atoms with Crippen LogP contribution in [0.1, 0.15) is 39.5 Å². The minimum atomic E-state index is 0.626. The van der Waals surface area contributed by atoms with Gasteiger partial charge in [0.05, 0.1) is 0 Å². The zero-order chi connectivity index (χ0) is 14.9. The van der Waals surface area contributed by atoms with Crippen molar-refractivity contribution in [2.75, 3.05) is 6.54 Å². The molecular formula is C18H27N3. The second-order valence-corrected chi connectivity index (χ2v) is 5.66. The van der Waals surface area contributed by atoms with Gasteiger partial charge >= 0.3 is 0 Å². The monoisotopic (exact) mass is 285 g/mol. The van der Waals surface area contributed by atoms with Crippen molar-refractivity contribution in [3.8, 4) is 11.4 Å². The van der Waals surface area contributed by atoms with Crippen LogP contribution in [0.2, 0.25) is 0 Å². The average molecular weight is 285 g/mol. The third kappa shape index (κ3) is 5.01. The van der Waals surface area contributed by atoms with Crippen LogP contribution < -0.4 is 5.32 Å². The van der Waals surface area contributed by atoms with Crippen LogP contribution in [0.4, 0.5) is 0 Å². The van der Waals surface area contributed by atoms with Crippen molar-refractivity contribution in [1.82, 2.24) is 14.9 Å². The van der Waals surface area contributed by atoms with Crippen molar-refractivity contribution < 1.29 is 0 Å². The van der Waals surface area contributed by atoms with Gasteiger partial charge in [-0.25, -0.2) is 4.98 Å². The fourth-order valence-electron chi connectivity index (χ4n) is 2.56. The number of hydrogen-bond acceptors (Lipinski definition) is 2. The molecule has 2 aromatic rings. The van der Waals surface area contributed by atoms with Gasteiger partial charge in [-0.2, -0.15) is 0 Å². The molecule has 0 aliphatic carbocycles. The lowest BCUT2D eigenvalue weighted by Crippen LogP contribution is -2.26. The molecule has 0 spiro atoms. The summed E-state index contributed by atoms with van der Waals surface area (Å²) in [4.78, 5) is 4.49. The van der Waals surface area contributed by atoms with Gasteiger partial charge in [-0.3, -0.25) is 0 Å². The summed E-state index contributed by atoms with van der Waals surface area (Å²) in [6.45, 7) is 6.66. The van der Waals surface area contributed by atoms with E-state index in [4.69, 9.17) is 0 Å². The van der Waals surface area contributed by atoms with Gasteiger partial charge in [0.1, 0.15) is 5.82 Å². The first-order valence-corrected chi connectivity index (χ1v) is 8.11. The second kappa shape index (κ2) is 8.63. The Balaban J connectivity index is 1.78. The Morgan fingerprint density at radius 2 is 2.00 bits per heavy atom. The molecule has 21 heavy (non-hydrogen) atoms. The van der Waals surface area contributed by atoms with Crippen molar-refractivity contribution in [2.24, 2.45) is 0 Å². The summed E-state index contributed by atoms with van der Waals surface area (Å²) in [5.41, 5.74) is 1.19. The van der Waals surface area contributed by atoms with Crippen LogP contribution >= 0.6 is 0 Å². The van der Waals surface area contributed by atoms with Gasteiger partial charge in [-0.15, -0.1) is 0 Å². The number of imidazole rings is 1. The minimum Gasteiger partial charge on any atom is -0.331 e. The highest BCUT2D eigenvalue weighted by Crippen LogP contribution is 2.17. The standard InChI is InChI=1S/C18H27N3/c1-3-12-19-16(2)9-7-8-14-21-15-13-20-18(21)17-10-5-4-6-11-17/h4-6,10-11,13,15-16,19H,3,7-9,12,14H2,1-2H3. The van der Waals surface area contributed by atoms with E-state index in [1.54, 1.807) is 0 Å². The van der Waals surface area contributed by atoms with Gasteiger partial charge in [-0.1, -0.05) is 43.7 Å². The fraction of sp³-hybridized carbons (Fsp3) is 0.500. The van der Waals surface area contributed by atoms with Gasteiger partial charge in [-0.05, 0) is 32.7 Å². The van der Waals surface area contributed by atoms with Gasteiger partial charge in [0.15, 0.2) is 0 Å². The maximum absolute atomic E-state index is 4.49. The van der Waals surface area contributed by atoms with E-state index in [-0.39, 0.29) is 0 Å². The molecule has 1 aromatic carbocycles. The highest BCUT2D eigenvalue weighted by molar-refractivity contribution is 5.54. The Bertz CT molecular complexity index is 504. The smallest absolute Gasteiger partial charge is 0.139 e. The highest BCUT2D eigenvalue weighted by atomic mass is 15.1. The van der Waals surface area contributed by atoms with Gasteiger partial charge in [0.2, 0.25) is 0 Å². The van der Waals surface area contributed by atoms with Crippen molar-refractivity contribution in [3.63, 3.8) is 0 Å². The summed E-state index contributed by atoms with van der Waals surface area (Å²) < 4.78 is 2.26. The molecule has 1 atom stereocenters. The summed E-state index contributed by atoms with van der Waals surface area (Å²) in [6.07, 6.45) is 8.89. The third-order valence-corrected chi connectivity index (χ3v) is 3.78. The maximum Gasteiger partial charge on any atom is 0.139 e. The highest BCUT2D eigenvalue weighted by Gasteiger charge is 2.05. The molecule has 0 saturated carbocycles. The molecule has 0 aliphatic heterocycles. The van der Waals surface area contributed by atoms with E-state index in [0.29, 0.717) is 6.04 Å². The molecule has 3 nitrogen and oxygen atoms in total. The lowest BCUT2D eigenvalue weighted by Gasteiger charge is -2.13. The number of nitrogens with one attached hydrogen (secondary N) is 1. The van der Waals surface area contributed by atoms with E-state index in [2.05, 4.69) is 59.2 Å². The zero-order valence-corrected chi connectivity index (χ0v) is 13.3. The number of unbranched alkanes of at least 4 members (excludes halogenated alkanes) is 1. The molecule has 114 valence electrons. The van der Waals surface area contributed by atoms with E-state index >= 15 is 0 Å². The maximum atomic E-state index is 4.49. The molecule has 0 fully saturated rings. The molecule has 1 unspecified atom stereocenters. The zero-order valence-electron chi connectivity index (χ0n) is 13.3. The molecular weight excluding hydrogens is 258 g/mol. The van der Waals surface area contributed by atoms with Crippen LogP contribution in [0, 0.1) is 0 Å². The number of aryl methyl sites for hydroxylation is 1. The van der Waals surface area contributed by atoms with Gasteiger partial charge in [0, 0.05) is 30.5 Å². The predicted octanol–water partition coefficient (Wildman–Crippen LogP) is 4.11. The number of rotatable bonds is 9. The van der Waals surface area contributed by atoms with Crippen molar-refractivity contribution in [2.45, 2.75) is 52.1 Å². The first kappa shape index (κ1) is 15.8. The number of benzene rings is 1. The summed E-state index contributed by atoms with van der Waals surface area (Å²) in [5.74, 6) is 1.08. The SMILES string of the molecule is CCCNC(C)CCCCn1ccnc1-c1ccccc1. The Kier molecular flexibility index (Phi) is 6.48. The predicted molar refractivity (Wildman–Crippen MR) is 89.3 cm³/mol. The van der Waals surface area contributed by atoms with Gasteiger partial charge < -0.3 is 9.88 Å². The topological polar surface area (TPSA) is 29.9 Å². The molecule has 0 amide bonds. The van der Waals surface area contributed by atoms with Gasteiger partial charge in [0.25, 0.3) is 0 Å². The van der Waals surface area contributed by atoms with Crippen LogP contribution in [-0.2, 0) is 6.54 Å². The Morgan fingerprint density at radius 3 is 2.76 bits per heavy atom. The van der Waals surface area contributed by atoms with Crippen molar-refractivity contribution in [1.29, 1.82) is 0 Å². The van der Waals surface area contributed by atoms with E-state index in [0.717, 1.165) is 18.9 Å². The molecule has 1 heterocycles. The molecule has 2 rings (SSSR count). The minimum absolute atomic E-state index is 0.626. The Morgan fingerprint density at radius 1 is 1.19 bits per heavy atom. The normalized spacial score (nSPS) is 12.5. The second-order valence-electron chi connectivity index (χ2n) is 5.66. The third-order valence-electron chi connectivity index (χ3n) is 3.78. The summed E-state index contributed by atoms with van der Waals surface area (Å²) in [5, 5.41) is 3.54. The Labute approximate surface area is 128 Å². The van der Waals surface area contributed by atoms with E-state index in [1.807, 2.05) is 12.3 Å². The summed E-state index contributed by atoms with van der Waals surface area (Å²) in [7, 11) is 0. The van der Waals surface area contributed by atoms with Crippen LogP contribution in [-0.4, -0.2) is 22.1 Å². The lowest BCUT2D eigenvalue weighted by atomic mass is 10.1. The lowest BCUT2D eigenvalue weighted by molar-refractivity contribution is 0.476. The number of hydrogen-bond donors (Lipinski definition) is 1. The molecule has 0 aliphatic rings. The summed E-state index contributed by atoms with van der Waals surface area (Å²) >= 11 is 0. The van der Waals surface area contributed by atoms with Crippen LogP contribution in [0.5, 0.6) is 0 Å². The number of nitrogens with zero attached hydrogens (tertiary/aromatic N) is 2. The van der Waals surface area contributed by atoms with Crippen LogP contribution in [0.15, 0.2) is 42.7 Å². The first-order chi connectivity index (χ1) is 10.3. The largest absolute Gasteiger partial charge is 0.331 e. The molecule has 3 heteroatoms. The molecule has 0 saturated heterocycles. The van der Waals surface area contributed by atoms with Crippen molar-refractivity contribution in [3.05, 3.63) is 42.7 Å². The molecule has 1 N–H and O–H groups in total. The number of aromatic nitrogens is 2. The summed E-state index contributed by atoms with van der Waals surface area (Å²) in [6, 6.07) is 11.0. The first-order valence-electron chi connectivity index (χ1n) is 8.11. The van der Waals surface area contributed by atoms with E-state index in [9.17, 15) is 0 Å². The van der Waals surface area contributed by atoms with Crippen LogP contribution in [0.3, 0.4) is 0 Å². The van der Waals surface area contributed by atoms with Crippen molar-refractivity contribution >= 4 is 0 Å². The van der Waals surface area contributed by atoms with E-state index < -0.39 is 0 Å². The molecule has 0 radical (unpaired) electrons. The molecule has 1 aromatic heterocycles. The van der Waals surface area contributed by atoms with E-state index in [1.165, 1.54) is 31.2 Å². The average Bonchev–Trinajstić information content (AvgIpc) is 2.99. The fourth-order valence-corrected chi connectivity index (χ4v) is 2.56. The van der Waals surface area contributed by atoms with Crippen LogP contribution in [0.25, 0.3) is 11.4 Å².